The summed E-state index contributed by atoms with van der Waals surface area (Å²) in [4.78, 5) is 12.7. The van der Waals surface area contributed by atoms with E-state index in [0.29, 0.717) is 22.2 Å². The minimum Gasteiger partial charge on any atom is -0.505 e. The molecule has 0 bridgehead atoms. The van der Waals surface area contributed by atoms with Crippen LogP contribution in [0, 0.1) is 6.92 Å². The molecule has 1 amide bonds. The van der Waals surface area contributed by atoms with Crippen LogP contribution in [0.3, 0.4) is 0 Å². The first-order valence-electron chi connectivity index (χ1n) is 10.5. The molecule has 0 spiro atoms. The molecular weight excluding hydrogens is 506 g/mol. The fourth-order valence-electron chi connectivity index (χ4n) is 3.76. The average molecular weight is 526 g/mol. The summed E-state index contributed by atoms with van der Waals surface area (Å²) in [7, 11) is -3.18. The number of carbonyl (C=O) groups is 1. The molecule has 3 N–H and O–H groups in total. The number of benzene rings is 4. The van der Waals surface area contributed by atoms with Gasteiger partial charge < -0.3 is 15.2 Å². The van der Waals surface area contributed by atoms with Gasteiger partial charge in [0.25, 0.3) is 16.0 Å². The number of anilines is 1. The third-order valence-electron chi connectivity index (χ3n) is 5.33. The van der Waals surface area contributed by atoms with Crippen molar-refractivity contribution in [2.45, 2.75) is 11.8 Å². The standard InChI is InChI=1S/C25H20ClN3O6S/c1-14-11-16(26)13-20(24(14)36(32,33)34)28-29-22-17-8-4-3-7-15(17)12-18(23(22)30)25(31)27-19-9-5-6-10-21(19)35-2/h3-13,30H,1-2H3,(H,27,31)(H,32,33,34). The second kappa shape index (κ2) is 9.94. The predicted octanol–water partition coefficient (Wildman–Crippen LogP) is 6.43. The summed E-state index contributed by atoms with van der Waals surface area (Å²) < 4.78 is 38.8. The highest BCUT2D eigenvalue weighted by Crippen LogP contribution is 2.41. The summed E-state index contributed by atoms with van der Waals surface area (Å²) in [6.45, 7) is 1.45. The molecule has 0 aliphatic heterocycles. The van der Waals surface area contributed by atoms with E-state index in [1.165, 1.54) is 32.2 Å². The lowest BCUT2D eigenvalue weighted by Crippen LogP contribution is -2.13. The zero-order valence-electron chi connectivity index (χ0n) is 19.1. The van der Waals surface area contributed by atoms with Gasteiger partial charge in [0, 0.05) is 10.4 Å². The van der Waals surface area contributed by atoms with Crippen molar-refractivity contribution in [2.75, 3.05) is 12.4 Å². The lowest BCUT2D eigenvalue weighted by molar-refractivity contribution is 0.102. The van der Waals surface area contributed by atoms with E-state index in [0.717, 1.165) is 0 Å². The minimum absolute atomic E-state index is 0.0720. The Morgan fingerprint density at radius 3 is 2.44 bits per heavy atom. The highest BCUT2D eigenvalue weighted by molar-refractivity contribution is 7.86. The molecule has 0 fully saturated rings. The number of para-hydroxylation sites is 2. The normalized spacial score (nSPS) is 11.7. The molecule has 4 aromatic rings. The number of phenols is 1. The van der Waals surface area contributed by atoms with Gasteiger partial charge in [-0.2, -0.15) is 8.42 Å². The van der Waals surface area contributed by atoms with Gasteiger partial charge in [-0.1, -0.05) is 48.0 Å². The first-order chi connectivity index (χ1) is 17.1. The molecule has 0 saturated heterocycles. The van der Waals surface area contributed by atoms with Crippen LogP contribution in [0.1, 0.15) is 15.9 Å². The topological polar surface area (TPSA) is 138 Å². The number of carbonyl (C=O) groups excluding carboxylic acids is 1. The van der Waals surface area contributed by atoms with E-state index in [1.54, 1.807) is 48.5 Å². The predicted molar refractivity (Wildman–Crippen MR) is 137 cm³/mol. The van der Waals surface area contributed by atoms with Crippen LogP contribution in [-0.4, -0.2) is 31.1 Å². The molecule has 184 valence electrons. The Balaban J connectivity index is 1.86. The Labute approximate surface area is 211 Å². The first kappa shape index (κ1) is 25.1. The summed E-state index contributed by atoms with van der Waals surface area (Å²) in [6, 6.07) is 17.7. The molecule has 36 heavy (non-hydrogen) atoms. The number of ether oxygens (including phenoxy) is 1. The summed E-state index contributed by atoms with van der Waals surface area (Å²) in [5.41, 5.74) is 0.170. The van der Waals surface area contributed by atoms with Crippen LogP contribution in [0.5, 0.6) is 11.5 Å². The number of rotatable bonds is 6. The molecule has 11 heteroatoms. The van der Waals surface area contributed by atoms with E-state index in [-0.39, 0.29) is 27.5 Å². The van der Waals surface area contributed by atoms with Crippen molar-refractivity contribution >= 4 is 55.5 Å². The Morgan fingerprint density at radius 1 is 1.03 bits per heavy atom. The van der Waals surface area contributed by atoms with Gasteiger partial charge >= 0.3 is 0 Å². The maximum absolute atomic E-state index is 13.1. The summed E-state index contributed by atoms with van der Waals surface area (Å²) in [6.07, 6.45) is 0. The molecule has 4 rings (SSSR count). The molecule has 0 radical (unpaired) electrons. The molecule has 4 aromatic carbocycles. The summed E-state index contributed by atoms with van der Waals surface area (Å²) in [5, 5.41) is 23.0. The Morgan fingerprint density at radius 2 is 1.72 bits per heavy atom. The fourth-order valence-corrected chi connectivity index (χ4v) is 4.85. The number of aromatic hydroxyl groups is 1. The van der Waals surface area contributed by atoms with Crippen LogP contribution in [0.4, 0.5) is 17.1 Å². The number of aryl methyl sites for hydroxylation is 1. The van der Waals surface area contributed by atoms with Crippen molar-refractivity contribution in [2.24, 2.45) is 10.2 Å². The molecule has 0 aromatic heterocycles. The van der Waals surface area contributed by atoms with Crippen LogP contribution in [0.15, 0.2) is 81.9 Å². The van der Waals surface area contributed by atoms with Crippen molar-refractivity contribution in [1.29, 1.82) is 0 Å². The maximum atomic E-state index is 13.1. The summed E-state index contributed by atoms with van der Waals surface area (Å²) in [5.74, 6) is -0.673. The van der Waals surface area contributed by atoms with Crippen molar-refractivity contribution in [1.82, 2.24) is 0 Å². The monoisotopic (exact) mass is 525 g/mol. The number of methoxy groups -OCH3 is 1. The number of nitrogens with one attached hydrogen (secondary N) is 1. The number of fused-ring (bicyclic) bond motifs is 1. The smallest absolute Gasteiger partial charge is 0.297 e. The second-order valence-electron chi connectivity index (χ2n) is 7.74. The van der Waals surface area contributed by atoms with Gasteiger partial charge in [0.05, 0.1) is 18.4 Å². The highest BCUT2D eigenvalue weighted by atomic mass is 35.5. The van der Waals surface area contributed by atoms with Gasteiger partial charge in [-0.3, -0.25) is 9.35 Å². The Kier molecular flexibility index (Phi) is 6.93. The minimum atomic E-state index is -4.65. The number of phenolic OH excluding ortho intramolecular Hbond substituents is 1. The van der Waals surface area contributed by atoms with Gasteiger partial charge in [0.2, 0.25) is 0 Å². The third kappa shape index (κ3) is 5.01. The SMILES string of the molecule is COc1ccccc1NC(=O)c1cc2ccccc2c(N=Nc2cc(Cl)cc(C)c2S(=O)(=O)O)c1O. The third-order valence-corrected chi connectivity index (χ3v) is 6.60. The number of halogens is 1. The van der Waals surface area contributed by atoms with Gasteiger partial charge in [-0.15, -0.1) is 10.2 Å². The van der Waals surface area contributed by atoms with Crippen molar-refractivity contribution < 1.29 is 27.6 Å². The van der Waals surface area contributed by atoms with Crippen LogP contribution < -0.4 is 10.1 Å². The van der Waals surface area contributed by atoms with Crippen LogP contribution in [0.25, 0.3) is 10.8 Å². The van der Waals surface area contributed by atoms with Crippen molar-refractivity contribution in [3.05, 3.63) is 82.9 Å². The highest BCUT2D eigenvalue weighted by Gasteiger charge is 2.22. The van der Waals surface area contributed by atoms with E-state index < -0.39 is 26.7 Å². The van der Waals surface area contributed by atoms with Crippen LogP contribution >= 0.6 is 11.6 Å². The quantitative estimate of drug-likeness (QED) is 0.196. The fraction of sp³-hybridized carbons (Fsp3) is 0.0800. The largest absolute Gasteiger partial charge is 0.505 e. The number of amides is 1. The molecule has 0 unspecified atom stereocenters. The lowest BCUT2D eigenvalue weighted by Gasteiger charge is -2.13. The Bertz CT molecular complexity index is 1640. The summed E-state index contributed by atoms with van der Waals surface area (Å²) >= 11 is 6.06. The molecular formula is C25H20ClN3O6S. The van der Waals surface area contributed by atoms with Crippen molar-refractivity contribution in [3.8, 4) is 11.5 Å². The zero-order valence-corrected chi connectivity index (χ0v) is 20.6. The Hall–Kier alpha value is -3.99. The molecule has 0 aliphatic carbocycles. The van der Waals surface area contributed by atoms with E-state index in [2.05, 4.69) is 15.5 Å². The first-order valence-corrected chi connectivity index (χ1v) is 12.3. The van der Waals surface area contributed by atoms with Gasteiger partial charge in [-0.25, -0.2) is 0 Å². The van der Waals surface area contributed by atoms with Gasteiger partial charge in [-0.05, 0) is 48.2 Å². The van der Waals surface area contributed by atoms with E-state index in [9.17, 15) is 22.9 Å². The second-order valence-corrected chi connectivity index (χ2v) is 9.54. The van der Waals surface area contributed by atoms with Gasteiger partial charge in [0.1, 0.15) is 22.0 Å². The number of azo groups is 1. The van der Waals surface area contributed by atoms with Crippen LogP contribution in [-0.2, 0) is 10.1 Å². The van der Waals surface area contributed by atoms with Crippen molar-refractivity contribution in [3.63, 3.8) is 0 Å². The number of nitrogens with zero attached hydrogens (tertiary/aromatic N) is 2. The van der Waals surface area contributed by atoms with E-state index >= 15 is 0 Å². The van der Waals surface area contributed by atoms with Crippen LogP contribution in [0.2, 0.25) is 5.02 Å². The lowest BCUT2D eigenvalue weighted by atomic mass is 10.0. The average Bonchev–Trinajstić information content (AvgIpc) is 2.82. The maximum Gasteiger partial charge on any atom is 0.297 e. The van der Waals surface area contributed by atoms with E-state index in [1.807, 2.05) is 0 Å². The zero-order chi connectivity index (χ0) is 26.0. The number of hydrogen-bond acceptors (Lipinski definition) is 7. The van der Waals surface area contributed by atoms with E-state index in [4.69, 9.17) is 16.3 Å². The number of hydrogen-bond donors (Lipinski definition) is 3. The van der Waals surface area contributed by atoms with Gasteiger partial charge in [0.15, 0.2) is 5.75 Å². The molecule has 0 atom stereocenters. The molecule has 9 nitrogen and oxygen atoms in total. The molecule has 0 aliphatic rings. The molecule has 0 saturated carbocycles. The molecule has 0 heterocycles.